The summed E-state index contributed by atoms with van der Waals surface area (Å²) in [5.41, 5.74) is 2.68. The minimum absolute atomic E-state index is 0.132. The fourth-order valence-corrected chi connectivity index (χ4v) is 6.61. The quantitative estimate of drug-likeness (QED) is 0.458. The van der Waals surface area contributed by atoms with Gasteiger partial charge in [0.25, 0.3) is 5.91 Å². The highest BCUT2D eigenvalue weighted by molar-refractivity contribution is 9.10. The fraction of sp³-hybridized carbons (Fsp3) is 0.429. The number of benzene rings is 2. The van der Waals surface area contributed by atoms with Gasteiger partial charge in [-0.05, 0) is 68.4 Å². The molecule has 2 fully saturated rings. The summed E-state index contributed by atoms with van der Waals surface area (Å²) < 4.78 is 0.961. The van der Waals surface area contributed by atoms with Crippen LogP contribution in [0.15, 0.2) is 46.9 Å². The normalized spacial score (nSPS) is 24.7. The first-order valence-electron chi connectivity index (χ1n) is 12.9. The first-order valence-corrected chi connectivity index (χ1v) is 13.7. The van der Waals surface area contributed by atoms with Gasteiger partial charge in [-0.1, -0.05) is 28.1 Å². The molecule has 2 unspecified atom stereocenters. The van der Waals surface area contributed by atoms with Crippen LogP contribution < -0.4 is 0 Å². The van der Waals surface area contributed by atoms with Crippen LogP contribution in [-0.4, -0.2) is 93.5 Å². The molecule has 3 aromatic rings. The van der Waals surface area contributed by atoms with Crippen LogP contribution in [0.25, 0.3) is 10.9 Å². The Labute approximate surface area is 224 Å². The van der Waals surface area contributed by atoms with E-state index in [2.05, 4.69) is 43.8 Å². The standard InChI is InChI=1S/C28H32BrN5O3/c1-28-17-22-21-16-19(29)7-8-23(21)30-24(22)25(18-5-3-6-20(35)15-18)34(28)27(37)33(26(28)36)10-4-9-32-13-11-31(2)12-14-32/h3,5-8,15-16,25,30,35H,4,9-14,17H2,1-2H3. The van der Waals surface area contributed by atoms with Crippen molar-refractivity contribution >= 4 is 38.8 Å². The zero-order chi connectivity index (χ0) is 25.9. The molecule has 6 rings (SSSR count). The van der Waals surface area contributed by atoms with Crippen molar-refractivity contribution in [1.82, 2.24) is 24.6 Å². The number of likely N-dealkylation sites (N-methyl/N-ethyl adjacent to an activating group) is 1. The fourth-order valence-electron chi connectivity index (χ4n) is 6.25. The van der Waals surface area contributed by atoms with Crippen LogP contribution in [0.4, 0.5) is 4.79 Å². The number of carbonyl (C=O) groups is 2. The van der Waals surface area contributed by atoms with Crippen molar-refractivity contribution in [3.8, 4) is 5.75 Å². The number of rotatable bonds is 5. The highest BCUT2D eigenvalue weighted by Crippen LogP contribution is 2.49. The Balaban J connectivity index is 1.36. The number of aromatic nitrogens is 1. The van der Waals surface area contributed by atoms with Gasteiger partial charge in [-0.25, -0.2) is 4.79 Å². The maximum absolute atomic E-state index is 14.0. The molecule has 0 aliphatic carbocycles. The Morgan fingerprint density at radius 2 is 1.86 bits per heavy atom. The number of aromatic amines is 1. The smallest absolute Gasteiger partial charge is 0.328 e. The average molecular weight is 567 g/mol. The van der Waals surface area contributed by atoms with Gasteiger partial charge in [-0.2, -0.15) is 0 Å². The number of hydrogen-bond acceptors (Lipinski definition) is 5. The average Bonchev–Trinajstić information content (AvgIpc) is 3.31. The number of fused-ring (bicyclic) bond motifs is 4. The van der Waals surface area contributed by atoms with Gasteiger partial charge in [0.1, 0.15) is 17.3 Å². The van der Waals surface area contributed by atoms with E-state index < -0.39 is 11.6 Å². The summed E-state index contributed by atoms with van der Waals surface area (Å²) in [4.78, 5) is 39.4. The van der Waals surface area contributed by atoms with E-state index in [1.807, 2.05) is 25.1 Å². The second-order valence-electron chi connectivity index (χ2n) is 10.8. The molecule has 4 heterocycles. The van der Waals surface area contributed by atoms with E-state index in [4.69, 9.17) is 0 Å². The predicted molar refractivity (Wildman–Crippen MR) is 146 cm³/mol. The van der Waals surface area contributed by atoms with Gasteiger partial charge in [0.2, 0.25) is 0 Å². The molecular weight excluding hydrogens is 534 g/mol. The van der Waals surface area contributed by atoms with E-state index >= 15 is 0 Å². The van der Waals surface area contributed by atoms with E-state index in [0.717, 1.165) is 71.3 Å². The first-order chi connectivity index (χ1) is 17.8. The minimum Gasteiger partial charge on any atom is -0.508 e. The van der Waals surface area contributed by atoms with Gasteiger partial charge in [-0.3, -0.25) is 14.6 Å². The number of nitrogens with zero attached hydrogens (tertiary/aromatic N) is 4. The Hall–Kier alpha value is -2.88. The Morgan fingerprint density at radius 1 is 1.08 bits per heavy atom. The van der Waals surface area contributed by atoms with Crippen LogP contribution in [0.3, 0.4) is 0 Å². The number of hydrogen-bond donors (Lipinski definition) is 2. The molecular formula is C28H32BrN5O3. The van der Waals surface area contributed by atoms with Crippen LogP contribution in [0.2, 0.25) is 0 Å². The van der Waals surface area contributed by atoms with E-state index in [-0.39, 0.29) is 17.7 Å². The Bertz CT molecular complexity index is 1380. The van der Waals surface area contributed by atoms with E-state index in [9.17, 15) is 14.7 Å². The van der Waals surface area contributed by atoms with Gasteiger partial charge < -0.3 is 19.9 Å². The molecule has 2 aromatic carbocycles. The molecule has 0 bridgehead atoms. The van der Waals surface area contributed by atoms with E-state index in [1.165, 1.54) is 4.90 Å². The molecule has 8 nitrogen and oxygen atoms in total. The maximum atomic E-state index is 14.0. The lowest BCUT2D eigenvalue weighted by Gasteiger charge is -2.42. The van der Waals surface area contributed by atoms with Gasteiger partial charge in [0.15, 0.2) is 0 Å². The number of imide groups is 1. The highest BCUT2D eigenvalue weighted by Gasteiger charge is 2.60. The van der Waals surface area contributed by atoms with Crippen LogP contribution in [0.5, 0.6) is 5.75 Å². The predicted octanol–water partition coefficient (Wildman–Crippen LogP) is 3.94. The molecule has 37 heavy (non-hydrogen) atoms. The summed E-state index contributed by atoms with van der Waals surface area (Å²) >= 11 is 3.59. The molecule has 0 radical (unpaired) electrons. The summed E-state index contributed by atoms with van der Waals surface area (Å²) in [5.74, 6) is -0.0109. The SMILES string of the molecule is CN1CCN(CCCN2C(=O)N3C(c4cccc(O)c4)c4[nH]c5ccc(Br)cc5c4CC3(C)C2=O)CC1. The van der Waals surface area contributed by atoms with Gasteiger partial charge in [0, 0.05) is 60.2 Å². The summed E-state index contributed by atoms with van der Waals surface area (Å²) in [5, 5.41) is 11.3. The summed E-state index contributed by atoms with van der Waals surface area (Å²) in [6.07, 6.45) is 1.19. The summed E-state index contributed by atoms with van der Waals surface area (Å²) in [7, 11) is 2.13. The Morgan fingerprint density at radius 3 is 2.62 bits per heavy atom. The van der Waals surface area contributed by atoms with Crippen molar-refractivity contribution in [2.75, 3.05) is 46.3 Å². The number of amides is 3. The second-order valence-corrected chi connectivity index (χ2v) is 11.7. The molecule has 0 saturated carbocycles. The van der Waals surface area contributed by atoms with Gasteiger partial charge >= 0.3 is 6.03 Å². The van der Waals surface area contributed by atoms with Crippen molar-refractivity contribution in [3.63, 3.8) is 0 Å². The molecule has 3 amide bonds. The molecule has 9 heteroatoms. The third kappa shape index (κ3) is 4.04. The number of H-pyrrole nitrogens is 1. The number of phenolic OH excluding ortho intramolecular Hbond substituents is 1. The molecule has 2 N–H and O–H groups in total. The molecule has 0 spiro atoms. The zero-order valence-electron chi connectivity index (χ0n) is 21.2. The summed E-state index contributed by atoms with van der Waals surface area (Å²) in [6, 6.07) is 12.3. The molecule has 3 aliphatic rings. The van der Waals surface area contributed by atoms with Crippen LogP contribution in [0, 0.1) is 0 Å². The van der Waals surface area contributed by atoms with Crippen molar-refractivity contribution in [2.24, 2.45) is 0 Å². The third-order valence-electron chi connectivity index (χ3n) is 8.27. The number of carbonyl (C=O) groups excluding carboxylic acids is 2. The number of urea groups is 1. The monoisotopic (exact) mass is 565 g/mol. The first kappa shape index (κ1) is 24.5. The lowest BCUT2D eigenvalue weighted by molar-refractivity contribution is -0.133. The topological polar surface area (TPSA) is 83.1 Å². The van der Waals surface area contributed by atoms with Gasteiger partial charge in [-0.15, -0.1) is 0 Å². The second kappa shape index (κ2) is 9.15. The number of aromatic hydroxyl groups is 1. The Kier molecular flexibility index (Phi) is 6.05. The van der Waals surface area contributed by atoms with Crippen molar-refractivity contribution in [1.29, 1.82) is 0 Å². The molecule has 194 valence electrons. The third-order valence-corrected chi connectivity index (χ3v) is 8.76. The molecule has 3 aliphatic heterocycles. The van der Waals surface area contributed by atoms with E-state index in [0.29, 0.717) is 13.0 Å². The van der Waals surface area contributed by atoms with Crippen molar-refractivity contribution in [2.45, 2.75) is 31.3 Å². The largest absolute Gasteiger partial charge is 0.508 e. The van der Waals surface area contributed by atoms with Crippen LogP contribution in [-0.2, 0) is 11.2 Å². The summed E-state index contributed by atoms with van der Waals surface area (Å²) in [6.45, 7) is 7.28. The number of phenols is 1. The maximum Gasteiger partial charge on any atom is 0.328 e. The van der Waals surface area contributed by atoms with Crippen LogP contribution >= 0.6 is 15.9 Å². The number of piperazine rings is 1. The van der Waals surface area contributed by atoms with Crippen LogP contribution in [0.1, 0.15) is 36.2 Å². The number of halogens is 1. The van der Waals surface area contributed by atoms with Crippen molar-refractivity contribution < 1.29 is 14.7 Å². The lowest BCUT2D eigenvalue weighted by atomic mass is 9.81. The highest BCUT2D eigenvalue weighted by atomic mass is 79.9. The van der Waals surface area contributed by atoms with Crippen molar-refractivity contribution in [3.05, 3.63) is 63.8 Å². The minimum atomic E-state index is -1.01. The van der Waals surface area contributed by atoms with Gasteiger partial charge in [0.05, 0.1) is 0 Å². The number of nitrogens with one attached hydrogen (secondary N) is 1. The van der Waals surface area contributed by atoms with E-state index in [1.54, 1.807) is 23.1 Å². The molecule has 1 aromatic heterocycles. The lowest BCUT2D eigenvalue weighted by Crippen LogP contribution is -2.53. The molecule has 2 atom stereocenters. The molecule has 2 saturated heterocycles. The zero-order valence-corrected chi connectivity index (χ0v) is 22.8.